The van der Waals surface area contributed by atoms with Gasteiger partial charge in [0, 0.05) is 5.69 Å². The number of ether oxygens (including phenoxy) is 1. The lowest BCUT2D eigenvalue weighted by molar-refractivity contribution is -0.0884. The van der Waals surface area contributed by atoms with Gasteiger partial charge >= 0.3 is 0 Å². The first-order chi connectivity index (χ1) is 8.73. The molecule has 1 aliphatic heterocycles. The lowest BCUT2D eigenvalue weighted by Crippen LogP contribution is -2.51. The summed E-state index contributed by atoms with van der Waals surface area (Å²) in [5.74, 6) is 0.694. The van der Waals surface area contributed by atoms with Gasteiger partial charge in [0.2, 0.25) is 0 Å². The predicted molar refractivity (Wildman–Crippen MR) is 69.7 cm³/mol. The zero-order valence-corrected chi connectivity index (χ0v) is 10.9. The molecular formula is C13H14N2O2S. The smallest absolute Gasteiger partial charge is 0.142 e. The van der Waals surface area contributed by atoms with Crippen molar-refractivity contribution in [2.24, 2.45) is 0 Å². The van der Waals surface area contributed by atoms with Gasteiger partial charge in [0.15, 0.2) is 0 Å². The van der Waals surface area contributed by atoms with Gasteiger partial charge in [-0.3, -0.25) is 0 Å². The molecular weight excluding hydrogens is 248 g/mol. The Kier molecular flexibility index (Phi) is 2.89. The molecule has 2 aromatic heterocycles. The Morgan fingerprint density at radius 3 is 2.83 bits per heavy atom. The van der Waals surface area contributed by atoms with E-state index in [0.717, 1.165) is 16.3 Å². The highest BCUT2D eigenvalue weighted by Gasteiger charge is 2.43. The summed E-state index contributed by atoms with van der Waals surface area (Å²) in [4.78, 5) is 10.2. The molecule has 0 amide bonds. The second-order valence-electron chi connectivity index (χ2n) is 4.63. The van der Waals surface area contributed by atoms with E-state index in [9.17, 15) is 5.11 Å². The van der Waals surface area contributed by atoms with E-state index in [1.54, 1.807) is 11.3 Å². The molecule has 4 nitrogen and oxygen atoms in total. The molecule has 2 aromatic rings. The Morgan fingerprint density at radius 1 is 1.44 bits per heavy atom. The Bertz CT molecular complexity index is 545. The summed E-state index contributed by atoms with van der Waals surface area (Å²) in [5, 5.41) is 11.6. The lowest BCUT2D eigenvalue weighted by atomic mass is 9.86. The first-order valence-electron chi connectivity index (χ1n) is 5.82. The van der Waals surface area contributed by atoms with Crippen LogP contribution in [-0.2, 0) is 10.2 Å². The second-order valence-corrected chi connectivity index (χ2v) is 5.57. The summed E-state index contributed by atoms with van der Waals surface area (Å²) in [6, 6.07) is 6.02. The van der Waals surface area contributed by atoms with E-state index in [0.29, 0.717) is 19.0 Å². The summed E-state index contributed by atoms with van der Waals surface area (Å²) >= 11 is 1.65. The highest BCUT2D eigenvalue weighted by atomic mass is 32.1. The highest BCUT2D eigenvalue weighted by Crippen LogP contribution is 2.32. The molecule has 0 unspecified atom stereocenters. The molecule has 5 heteroatoms. The number of aryl methyl sites for hydroxylation is 1. The molecule has 0 aromatic carbocycles. The first kappa shape index (κ1) is 11.8. The van der Waals surface area contributed by atoms with Crippen molar-refractivity contribution < 1.29 is 9.84 Å². The maximum absolute atomic E-state index is 9.54. The number of hydrogen-bond donors (Lipinski definition) is 1. The van der Waals surface area contributed by atoms with E-state index < -0.39 is 5.41 Å². The number of aliphatic hydroxyl groups is 1. The van der Waals surface area contributed by atoms with Gasteiger partial charge in [-0.25, -0.2) is 9.97 Å². The summed E-state index contributed by atoms with van der Waals surface area (Å²) < 4.78 is 5.22. The molecule has 0 saturated carbocycles. The van der Waals surface area contributed by atoms with Crippen LogP contribution < -0.4 is 0 Å². The maximum atomic E-state index is 9.54. The second kappa shape index (κ2) is 4.42. The van der Waals surface area contributed by atoms with Crippen LogP contribution in [0.4, 0.5) is 0 Å². The average molecular weight is 262 g/mol. The predicted octanol–water partition coefficient (Wildman–Crippen LogP) is 1.77. The van der Waals surface area contributed by atoms with Gasteiger partial charge in [0.25, 0.3) is 0 Å². The number of hydrogen-bond acceptors (Lipinski definition) is 5. The Balaban J connectivity index is 2.06. The van der Waals surface area contributed by atoms with E-state index in [4.69, 9.17) is 4.74 Å². The summed E-state index contributed by atoms with van der Waals surface area (Å²) in [6.45, 7) is 2.97. The van der Waals surface area contributed by atoms with Crippen LogP contribution in [0.25, 0.3) is 10.6 Å². The minimum Gasteiger partial charge on any atom is -0.395 e. The summed E-state index contributed by atoms with van der Waals surface area (Å²) in [6.07, 6.45) is 0. The van der Waals surface area contributed by atoms with Crippen molar-refractivity contribution >= 4 is 11.3 Å². The number of nitrogens with zero attached hydrogens (tertiary/aromatic N) is 2. The van der Waals surface area contributed by atoms with Gasteiger partial charge in [-0.05, 0) is 24.4 Å². The fraction of sp³-hybridized carbons (Fsp3) is 0.385. The fourth-order valence-corrected chi connectivity index (χ4v) is 2.68. The summed E-state index contributed by atoms with van der Waals surface area (Å²) in [5.41, 5.74) is 1.44. The lowest BCUT2D eigenvalue weighted by Gasteiger charge is -2.38. The van der Waals surface area contributed by atoms with E-state index >= 15 is 0 Å². The SMILES string of the molecule is Cc1cc(-c2cccs2)nc(C2(CO)COC2)n1. The summed E-state index contributed by atoms with van der Waals surface area (Å²) in [7, 11) is 0. The minimum absolute atomic E-state index is 0.0281. The van der Waals surface area contributed by atoms with Crippen LogP contribution in [0.2, 0.25) is 0 Å². The Labute approximate surface area is 109 Å². The van der Waals surface area contributed by atoms with Crippen LogP contribution in [-0.4, -0.2) is 34.9 Å². The molecule has 18 heavy (non-hydrogen) atoms. The third kappa shape index (κ3) is 1.84. The van der Waals surface area contributed by atoms with E-state index in [-0.39, 0.29) is 6.61 Å². The van der Waals surface area contributed by atoms with Crippen molar-refractivity contribution in [3.63, 3.8) is 0 Å². The van der Waals surface area contributed by atoms with Gasteiger partial charge in [0.1, 0.15) is 5.82 Å². The van der Waals surface area contributed by atoms with Crippen LogP contribution in [0.3, 0.4) is 0 Å². The molecule has 3 rings (SSSR count). The first-order valence-corrected chi connectivity index (χ1v) is 6.70. The molecule has 0 bridgehead atoms. The molecule has 3 heterocycles. The largest absolute Gasteiger partial charge is 0.395 e. The zero-order valence-electron chi connectivity index (χ0n) is 10.1. The van der Waals surface area contributed by atoms with Crippen molar-refractivity contribution in [1.29, 1.82) is 0 Å². The average Bonchev–Trinajstić information content (AvgIpc) is 2.81. The molecule has 0 atom stereocenters. The van der Waals surface area contributed by atoms with Crippen LogP contribution in [0.5, 0.6) is 0 Å². The third-order valence-corrected chi connectivity index (χ3v) is 4.05. The minimum atomic E-state index is -0.405. The number of aromatic nitrogens is 2. The Morgan fingerprint density at radius 2 is 2.28 bits per heavy atom. The van der Waals surface area contributed by atoms with Crippen molar-refractivity contribution in [1.82, 2.24) is 9.97 Å². The van der Waals surface area contributed by atoms with Gasteiger partial charge in [-0.1, -0.05) is 6.07 Å². The van der Waals surface area contributed by atoms with Gasteiger partial charge < -0.3 is 9.84 Å². The van der Waals surface area contributed by atoms with E-state index in [1.165, 1.54) is 0 Å². The molecule has 1 fully saturated rings. The van der Waals surface area contributed by atoms with Crippen molar-refractivity contribution in [2.45, 2.75) is 12.3 Å². The maximum Gasteiger partial charge on any atom is 0.142 e. The number of rotatable bonds is 3. The number of aliphatic hydroxyl groups excluding tert-OH is 1. The number of thiophene rings is 1. The fourth-order valence-electron chi connectivity index (χ4n) is 2.00. The van der Waals surface area contributed by atoms with Gasteiger partial charge in [-0.15, -0.1) is 11.3 Å². The van der Waals surface area contributed by atoms with Crippen LogP contribution in [0.1, 0.15) is 11.5 Å². The van der Waals surface area contributed by atoms with Crippen molar-refractivity contribution in [2.75, 3.05) is 19.8 Å². The van der Waals surface area contributed by atoms with Crippen molar-refractivity contribution in [3.8, 4) is 10.6 Å². The van der Waals surface area contributed by atoms with Crippen LogP contribution in [0.15, 0.2) is 23.6 Å². The zero-order chi connectivity index (χ0) is 12.6. The highest BCUT2D eigenvalue weighted by molar-refractivity contribution is 7.13. The van der Waals surface area contributed by atoms with Crippen LogP contribution in [0, 0.1) is 6.92 Å². The molecule has 1 saturated heterocycles. The molecule has 0 spiro atoms. The van der Waals surface area contributed by atoms with Gasteiger partial charge in [0.05, 0.1) is 35.8 Å². The topological polar surface area (TPSA) is 55.2 Å². The molecule has 94 valence electrons. The third-order valence-electron chi connectivity index (χ3n) is 3.16. The molecule has 0 aliphatic carbocycles. The van der Waals surface area contributed by atoms with Gasteiger partial charge in [-0.2, -0.15) is 0 Å². The van der Waals surface area contributed by atoms with Crippen molar-refractivity contribution in [3.05, 3.63) is 35.1 Å². The molecule has 0 radical (unpaired) electrons. The molecule has 1 aliphatic rings. The Hall–Kier alpha value is -1.30. The van der Waals surface area contributed by atoms with E-state index in [1.807, 2.05) is 30.5 Å². The van der Waals surface area contributed by atoms with E-state index in [2.05, 4.69) is 9.97 Å². The van der Waals surface area contributed by atoms with Crippen LogP contribution >= 0.6 is 11.3 Å². The quantitative estimate of drug-likeness (QED) is 0.916. The normalized spacial score (nSPS) is 17.4. The standard InChI is InChI=1S/C13H14N2O2S/c1-9-5-10(11-3-2-4-18-11)15-12(14-9)13(6-16)7-17-8-13/h2-5,16H,6-8H2,1H3. The monoisotopic (exact) mass is 262 g/mol. The molecule has 1 N–H and O–H groups in total.